The van der Waals surface area contributed by atoms with Crippen LogP contribution in [0, 0.1) is 0 Å². The van der Waals surface area contributed by atoms with E-state index in [0.29, 0.717) is 21.9 Å². The monoisotopic (exact) mass is 402 g/mol. The second-order valence-corrected chi connectivity index (χ2v) is 6.00. The Morgan fingerprint density at radius 1 is 1.11 bits per heavy atom. The van der Waals surface area contributed by atoms with Crippen LogP contribution in [0.15, 0.2) is 45.3 Å². The van der Waals surface area contributed by atoms with Gasteiger partial charge in [0.25, 0.3) is 0 Å². The van der Waals surface area contributed by atoms with E-state index in [0.717, 1.165) is 8.95 Å². The lowest BCUT2D eigenvalue weighted by Gasteiger charge is -2.09. The summed E-state index contributed by atoms with van der Waals surface area (Å²) in [4.78, 5) is 12.6. The van der Waals surface area contributed by atoms with Crippen molar-refractivity contribution < 1.29 is 9.53 Å². The highest BCUT2D eigenvalue weighted by molar-refractivity contribution is 9.11. The van der Waals surface area contributed by atoms with Gasteiger partial charge in [-0.2, -0.15) is 0 Å². The topological polar surface area (TPSA) is 26.3 Å². The van der Waals surface area contributed by atoms with Gasteiger partial charge in [0, 0.05) is 19.5 Å². The third-order valence-electron chi connectivity index (χ3n) is 2.58. The van der Waals surface area contributed by atoms with Crippen molar-refractivity contribution in [2.24, 2.45) is 0 Å². The lowest BCUT2D eigenvalue weighted by molar-refractivity contribution is 0.103. The van der Waals surface area contributed by atoms with Crippen LogP contribution in [-0.4, -0.2) is 12.9 Å². The number of methoxy groups -OCH3 is 1. The van der Waals surface area contributed by atoms with Gasteiger partial charge in [-0.3, -0.25) is 4.79 Å². The number of rotatable bonds is 3. The fourth-order valence-corrected chi connectivity index (χ4v) is 2.63. The van der Waals surface area contributed by atoms with Gasteiger partial charge in [-0.05, 0) is 36.4 Å². The molecule has 0 bridgehead atoms. The molecule has 0 heterocycles. The van der Waals surface area contributed by atoms with Crippen LogP contribution in [0.4, 0.5) is 0 Å². The Labute approximate surface area is 133 Å². The van der Waals surface area contributed by atoms with Crippen molar-refractivity contribution in [1.29, 1.82) is 0 Å². The highest BCUT2D eigenvalue weighted by Gasteiger charge is 2.17. The van der Waals surface area contributed by atoms with E-state index in [1.807, 2.05) is 12.1 Å². The van der Waals surface area contributed by atoms with Crippen LogP contribution in [-0.2, 0) is 0 Å². The van der Waals surface area contributed by atoms with E-state index in [1.54, 1.807) is 24.3 Å². The van der Waals surface area contributed by atoms with Gasteiger partial charge in [-0.25, -0.2) is 0 Å². The van der Waals surface area contributed by atoms with Gasteiger partial charge in [0.05, 0.1) is 12.7 Å². The number of carbonyl (C=O) groups is 1. The number of halogens is 3. The average molecular weight is 404 g/mol. The molecule has 0 aliphatic heterocycles. The number of hydrogen-bond donors (Lipinski definition) is 0. The van der Waals surface area contributed by atoms with Crippen molar-refractivity contribution in [3.8, 4) is 5.75 Å². The predicted molar refractivity (Wildman–Crippen MR) is 83.3 cm³/mol. The summed E-state index contributed by atoms with van der Waals surface area (Å²) in [6.45, 7) is 0. The fraction of sp³-hybridized carbons (Fsp3) is 0.0714. The molecular weight excluding hydrogens is 395 g/mol. The van der Waals surface area contributed by atoms with Crippen molar-refractivity contribution in [3.05, 3.63) is 61.5 Å². The molecule has 0 radical (unpaired) electrons. The minimum atomic E-state index is -0.146. The SMILES string of the molecule is COc1ccc(Cl)cc1C(=O)c1cc(Br)ccc1Br. The van der Waals surface area contributed by atoms with Gasteiger partial charge in [0.1, 0.15) is 5.75 Å². The maximum atomic E-state index is 12.6. The molecule has 0 aliphatic rings. The van der Waals surface area contributed by atoms with Gasteiger partial charge in [-0.1, -0.05) is 43.5 Å². The summed E-state index contributed by atoms with van der Waals surface area (Å²) in [5.74, 6) is 0.355. The van der Waals surface area contributed by atoms with Crippen molar-refractivity contribution in [2.45, 2.75) is 0 Å². The lowest BCUT2D eigenvalue weighted by Crippen LogP contribution is -2.05. The zero-order valence-electron chi connectivity index (χ0n) is 9.91. The van der Waals surface area contributed by atoms with Crippen LogP contribution < -0.4 is 4.74 Å². The molecule has 0 unspecified atom stereocenters. The number of carbonyl (C=O) groups excluding carboxylic acids is 1. The van der Waals surface area contributed by atoms with E-state index in [2.05, 4.69) is 31.9 Å². The van der Waals surface area contributed by atoms with Crippen LogP contribution in [0.2, 0.25) is 5.02 Å². The van der Waals surface area contributed by atoms with Crippen molar-refractivity contribution in [3.63, 3.8) is 0 Å². The summed E-state index contributed by atoms with van der Waals surface area (Å²) in [6.07, 6.45) is 0. The van der Waals surface area contributed by atoms with Crippen LogP contribution in [0.1, 0.15) is 15.9 Å². The van der Waals surface area contributed by atoms with Crippen LogP contribution >= 0.6 is 43.5 Å². The normalized spacial score (nSPS) is 10.3. The molecule has 2 aromatic rings. The molecule has 2 nitrogen and oxygen atoms in total. The van der Waals surface area contributed by atoms with Crippen LogP contribution in [0.3, 0.4) is 0 Å². The maximum absolute atomic E-state index is 12.6. The maximum Gasteiger partial charge on any atom is 0.197 e. The summed E-state index contributed by atoms with van der Waals surface area (Å²) in [5.41, 5.74) is 0.990. The molecular formula is C14H9Br2ClO2. The van der Waals surface area contributed by atoms with Gasteiger partial charge >= 0.3 is 0 Å². The first kappa shape index (κ1) is 14.6. The van der Waals surface area contributed by atoms with Crippen molar-refractivity contribution in [2.75, 3.05) is 7.11 Å². The molecule has 19 heavy (non-hydrogen) atoms. The summed E-state index contributed by atoms with van der Waals surface area (Å²) in [6, 6.07) is 10.4. The first-order valence-electron chi connectivity index (χ1n) is 5.36. The smallest absolute Gasteiger partial charge is 0.197 e. The van der Waals surface area contributed by atoms with E-state index < -0.39 is 0 Å². The molecule has 0 atom stereocenters. The molecule has 0 aliphatic carbocycles. The zero-order valence-corrected chi connectivity index (χ0v) is 13.8. The second kappa shape index (κ2) is 6.07. The Morgan fingerprint density at radius 2 is 1.84 bits per heavy atom. The third-order valence-corrected chi connectivity index (χ3v) is 4.00. The van der Waals surface area contributed by atoms with Crippen molar-refractivity contribution in [1.82, 2.24) is 0 Å². The Morgan fingerprint density at radius 3 is 2.53 bits per heavy atom. The average Bonchev–Trinajstić information content (AvgIpc) is 2.40. The molecule has 0 saturated heterocycles. The molecule has 0 saturated carbocycles. The Bertz CT molecular complexity index is 641. The summed E-state index contributed by atoms with van der Waals surface area (Å²) in [5, 5.41) is 0.496. The highest BCUT2D eigenvalue weighted by atomic mass is 79.9. The van der Waals surface area contributed by atoms with Crippen molar-refractivity contribution >= 4 is 49.2 Å². The van der Waals surface area contributed by atoms with E-state index in [-0.39, 0.29) is 5.78 Å². The Balaban J connectivity index is 2.55. The first-order valence-corrected chi connectivity index (χ1v) is 7.32. The van der Waals surface area contributed by atoms with Crippen LogP contribution in [0.25, 0.3) is 0 Å². The number of ether oxygens (including phenoxy) is 1. The zero-order chi connectivity index (χ0) is 14.0. The molecule has 0 aromatic heterocycles. The summed E-state index contributed by atoms with van der Waals surface area (Å²) in [7, 11) is 1.52. The highest BCUT2D eigenvalue weighted by Crippen LogP contribution is 2.29. The van der Waals surface area contributed by atoms with E-state index in [9.17, 15) is 4.79 Å². The largest absolute Gasteiger partial charge is 0.496 e. The standard InChI is InChI=1S/C14H9Br2ClO2/c1-19-13-5-3-9(17)7-11(13)14(18)10-6-8(15)2-4-12(10)16/h2-7H,1H3. The minimum Gasteiger partial charge on any atom is -0.496 e. The fourth-order valence-electron chi connectivity index (χ4n) is 1.67. The van der Waals surface area contributed by atoms with Crippen LogP contribution in [0.5, 0.6) is 5.75 Å². The third kappa shape index (κ3) is 3.19. The first-order chi connectivity index (χ1) is 9.02. The molecule has 0 spiro atoms. The number of hydrogen-bond acceptors (Lipinski definition) is 2. The Hall–Kier alpha value is -0.840. The molecule has 5 heteroatoms. The Kier molecular flexibility index (Phi) is 4.66. The van der Waals surface area contributed by atoms with E-state index in [4.69, 9.17) is 16.3 Å². The second-order valence-electron chi connectivity index (χ2n) is 3.80. The lowest BCUT2D eigenvalue weighted by atomic mass is 10.0. The quantitative estimate of drug-likeness (QED) is 0.665. The molecule has 2 rings (SSSR count). The van der Waals surface area contributed by atoms with Gasteiger partial charge in [-0.15, -0.1) is 0 Å². The van der Waals surface area contributed by atoms with Gasteiger partial charge in [0.2, 0.25) is 0 Å². The molecule has 0 amide bonds. The van der Waals surface area contributed by atoms with Gasteiger partial charge in [0.15, 0.2) is 5.78 Å². The number of benzene rings is 2. The predicted octanol–water partition coefficient (Wildman–Crippen LogP) is 5.10. The summed E-state index contributed by atoms with van der Waals surface area (Å²) >= 11 is 12.7. The summed E-state index contributed by atoms with van der Waals surface area (Å²) < 4.78 is 6.76. The molecule has 0 N–H and O–H groups in total. The molecule has 0 fully saturated rings. The van der Waals surface area contributed by atoms with E-state index in [1.165, 1.54) is 7.11 Å². The van der Waals surface area contributed by atoms with Gasteiger partial charge < -0.3 is 4.74 Å². The molecule has 2 aromatic carbocycles. The number of ketones is 1. The van der Waals surface area contributed by atoms with E-state index >= 15 is 0 Å². The minimum absolute atomic E-state index is 0.146. The molecule has 98 valence electrons.